The first-order chi connectivity index (χ1) is 15.2. The van der Waals surface area contributed by atoms with Crippen LogP contribution in [0.15, 0.2) is 73.3 Å². The van der Waals surface area contributed by atoms with Crippen molar-refractivity contribution in [1.82, 2.24) is 30.2 Å². The number of hydrogen-bond acceptors (Lipinski definition) is 5. The van der Waals surface area contributed by atoms with Gasteiger partial charge in [0.25, 0.3) is 0 Å². The van der Waals surface area contributed by atoms with Crippen LogP contribution in [-0.2, 0) is 6.42 Å². The number of ketones is 1. The van der Waals surface area contributed by atoms with Crippen LogP contribution in [0.4, 0.5) is 0 Å². The zero-order chi connectivity index (χ0) is 21.2. The summed E-state index contributed by atoms with van der Waals surface area (Å²) >= 11 is 0. The highest BCUT2D eigenvalue weighted by Gasteiger charge is 2.18. The van der Waals surface area contributed by atoms with Gasteiger partial charge in [-0.25, -0.2) is 0 Å². The second-order valence-corrected chi connectivity index (χ2v) is 7.36. The molecule has 0 fully saturated rings. The van der Waals surface area contributed by atoms with Gasteiger partial charge in [0.05, 0.1) is 30.6 Å². The summed E-state index contributed by atoms with van der Waals surface area (Å²) in [4.78, 5) is 12.9. The molecule has 8 heteroatoms. The Morgan fingerprint density at radius 3 is 2.74 bits per heavy atom. The average Bonchev–Trinajstić information content (AvgIpc) is 3.56. The second-order valence-electron chi connectivity index (χ2n) is 7.36. The van der Waals surface area contributed by atoms with E-state index in [1.165, 1.54) is 0 Å². The number of aliphatic hydroxyl groups excluding tert-OH is 1. The summed E-state index contributed by atoms with van der Waals surface area (Å²) in [7, 11) is 0. The number of fused-ring (bicyclic) bond motifs is 1. The lowest BCUT2D eigenvalue weighted by atomic mass is 10.0. The third-order valence-electron chi connectivity index (χ3n) is 5.35. The molecule has 2 aromatic carbocycles. The summed E-state index contributed by atoms with van der Waals surface area (Å²) in [6, 6.07) is 15.2. The SMILES string of the molecule is O=C(Cc1cnn([C@H](CO)c2ccccc2)c1)c1n[nH]c2cc(-c3cn[nH]c3)ccc12. The Morgan fingerprint density at radius 1 is 1.10 bits per heavy atom. The van der Waals surface area contributed by atoms with Crippen LogP contribution in [-0.4, -0.2) is 47.7 Å². The maximum absolute atomic E-state index is 12.9. The Balaban J connectivity index is 1.36. The van der Waals surface area contributed by atoms with Crippen molar-refractivity contribution in [2.75, 3.05) is 6.61 Å². The Labute approximate surface area is 177 Å². The molecule has 0 saturated carbocycles. The molecule has 0 aliphatic rings. The summed E-state index contributed by atoms with van der Waals surface area (Å²) in [6.45, 7) is -0.0813. The number of nitrogens with zero attached hydrogens (tertiary/aromatic N) is 4. The highest BCUT2D eigenvalue weighted by Crippen LogP contribution is 2.25. The van der Waals surface area contributed by atoms with Gasteiger partial charge in [-0.05, 0) is 28.8 Å². The first kappa shape index (κ1) is 19.0. The lowest BCUT2D eigenvalue weighted by molar-refractivity contribution is 0.0989. The third-order valence-corrected chi connectivity index (χ3v) is 5.35. The van der Waals surface area contributed by atoms with Crippen LogP contribution >= 0.6 is 0 Å². The van der Waals surface area contributed by atoms with Crippen molar-refractivity contribution in [3.8, 4) is 11.1 Å². The molecule has 8 nitrogen and oxygen atoms in total. The molecule has 3 aromatic heterocycles. The Kier molecular flexibility index (Phi) is 4.89. The number of aromatic amines is 2. The molecule has 0 aliphatic carbocycles. The predicted molar refractivity (Wildman–Crippen MR) is 116 cm³/mol. The highest BCUT2D eigenvalue weighted by molar-refractivity contribution is 6.07. The van der Waals surface area contributed by atoms with E-state index < -0.39 is 0 Å². The van der Waals surface area contributed by atoms with Crippen molar-refractivity contribution in [2.24, 2.45) is 0 Å². The maximum atomic E-state index is 12.9. The van der Waals surface area contributed by atoms with Crippen molar-refractivity contribution in [3.05, 3.63) is 90.1 Å². The van der Waals surface area contributed by atoms with Crippen LogP contribution in [0, 0.1) is 0 Å². The normalized spacial score (nSPS) is 12.3. The summed E-state index contributed by atoms with van der Waals surface area (Å²) in [5.41, 5.74) is 4.88. The molecule has 31 heavy (non-hydrogen) atoms. The summed E-state index contributed by atoms with van der Waals surface area (Å²) < 4.78 is 1.69. The maximum Gasteiger partial charge on any atom is 0.188 e. The van der Waals surface area contributed by atoms with Crippen molar-refractivity contribution in [3.63, 3.8) is 0 Å². The molecule has 0 spiro atoms. The minimum absolute atomic E-state index is 0.0813. The van der Waals surface area contributed by atoms with Crippen LogP contribution < -0.4 is 0 Å². The van der Waals surface area contributed by atoms with Crippen LogP contribution in [0.1, 0.15) is 27.7 Å². The fourth-order valence-corrected chi connectivity index (χ4v) is 3.75. The molecule has 1 atom stereocenters. The van der Waals surface area contributed by atoms with E-state index in [1.807, 2.05) is 54.7 Å². The zero-order valence-electron chi connectivity index (χ0n) is 16.6. The summed E-state index contributed by atoms with van der Waals surface area (Å²) in [5.74, 6) is -0.0953. The van der Waals surface area contributed by atoms with Crippen molar-refractivity contribution in [1.29, 1.82) is 0 Å². The zero-order valence-corrected chi connectivity index (χ0v) is 16.6. The smallest absolute Gasteiger partial charge is 0.188 e. The molecule has 0 bridgehead atoms. The molecule has 3 N–H and O–H groups in total. The van der Waals surface area contributed by atoms with E-state index in [-0.39, 0.29) is 24.9 Å². The number of H-pyrrole nitrogens is 2. The average molecular weight is 412 g/mol. The molecule has 0 saturated heterocycles. The lowest BCUT2D eigenvalue weighted by Gasteiger charge is -2.15. The number of Topliss-reactive ketones (excluding diaryl/α,β-unsaturated/α-hetero) is 1. The minimum Gasteiger partial charge on any atom is -0.394 e. The molecular formula is C23H20N6O2. The van der Waals surface area contributed by atoms with Crippen molar-refractivity contribution >= 4 is 16.7 Å². The van der Waals surface area contributed by atoms with Gasteiger partial charge in [0.15, 0.2) is 5.78 Å². The number of rotatable bonds is 7. The Hall–Kier alpha value is -4.04. The number of benzene rings is 2. The molecule has 0 aliphatic heterocycles. The fourth-order valence-electron chi connectivity index (χ4n) is 3.75. The minimum atomic E-state index is -0.294. The molecule has 5 aromatic rings. The van der Waals surface area contributed by atoms with Gasteiger partial charge >= 0.3 is 0 Å². The topological polar surface area (TPSA) is 112 Å². The van der Waals surface area contributed by atoms with Gasteiger partial charge in [-0.15, -0.1) is 0 Å². The quantitative estimate of drug-likeness (QED) is 0.356. The van der Waals surface area contributed by atoms with Gasteiger partial charge in [0, 0.05) is 29.8 Å². The summed E-state index contributed by atoms with van der Waals surface area (Å²) in [6.07, 6.45) is 7.20. The summed E-state index contributed by atoms with van der Waals surface area (Å²) in [5, 5.41) is 29.0. The monoisotopic (exact) mass is 412 g/mol. The molecule has 0 radical (unpaired) electrons. The van der Waals surface area contributed by atoms with E-state index in [4.69, 9.17) is 0 Å². The van der Waals surface area contributed by atoms with Gasteiger partial charge in [-0.2, -0.15) is 15.3 Å². The predicted octanol–water partition coefficient (Wildman–Crippen LogP) is 3.16. The fraction of sp³-hybridized carbons (Fsp3) is 0.130. The van der Waals surface area contributed by atoms with Gasteiger partial charge in [0.2, 0.25) is 0 Å². The number of aliphatic hydroxyl groups is 1. The number of aromatic nitrogens is 6. The van der Waals surface area contributed by atoms with Crippen LogP contribution in [0.25, 0.3) is 22.0 Å². The lowest BCUT2D eigenvalue weighted by Crippen LogP contribution is -2.15. The number of nitrogens with one attached hydrogen (secondary N) is 2. The standard InChI is InChI=1S/C23H20N6O2/c30-14-21(16-4-2-1-3-5-16)29-13-15(10-26-29)8-22(31)23-19-7-6-17(9-20(19)27-28-23)18-11-24-25-12-18/h1-7,9-13,21,30H,8,14H2,(H,24,25)(H,27,28)/t21-/m1/s1. The van der Waals surface area contributed by atoms with E-state index in [0.717, 1.165) is 33.2 Å². The van der Waals surface area contributed by atoms with E-state index in [2.05, 4.69) is 25.5 Å². The second kappa shape index (κ2) is 8.00. The first-order valence-electron chi connectivity index (χ1n) is 9.92. The Bertz CT molecular complexity index is 1320. The molecule has 154 valence electrons. The van der Waals surface area contributed by atoms with Crippen LogP contribution in [0.2, 0.25) is 0 Å². The van der Waals surface area contributed by atoms with Crippen LogP contribution in [0.3, 0.4) is 0 Å². The Morgan fingerprint density at radius 2 is 1.97 bits per heavy atom. The van der Waals surface area contributed by atoms with Crippen LogP contribution in [0.5, 0.6) is 0 Å². The number of carbonyl (C=O) groups is 1. The number of hydrogen-bond donors (Lipinski definition) is 3. The first-order valence-corrected chi connectivity index (χ1v) is 9.92. The third kappa shape index (κ3) is 3.64. The molecule has 3 heterocycles. The molecule has 0 amide bonds. The molecular weight excluding hydrogens is 392 g/mol. The largest absolute Gasteiger partial charge is 0.394 e. The van der Waals surface area contributed by atoms with Gasteiger partial charge in [0.1, 0.15) is 5.69 Å². The van der Waals surface area contributed by atoms with Crippen molar-refractivity contribution < 1.29 is 9.90 Å². The van der Waals surface area contributed by atoms with E-state index in [1.54, 1.807) is 23.3 Å². The molecule has 0 unspecified atom stereocenters. The van der Waals surface area contributed by atoms with Gasteiger partial charge in [-0.1, -0.05) is 36.4 Å². The molecule has 5 rings (SSSR count). The van der Waals surface area contributed by atoms with E-state index in [0.29, 0.717) is 5.69 Å². The van der Waals surface area contributed by atoms with Crippen molar-refractivity contribution in [2.45, 2.75) is 12.5 Å². The van der Waals surface area contributed by atoms with E-state index >= 15 is 0 Å². The van der Waals surface area contributed by atoms with E-state index in [9.17, 15) is 9.90 Å². The van der Waals surface area contributed by atoms with Gasteiger partial charge < -0.3 is 5.11 Å². The highest BCUT2D eigenvalue weighted by atomic mass is 16.3. The van der Waals surface area contributed by atoms with Gasteiger partial charge in [-0.3, -0.25) is 19.7 Å². The number of carbonyl (C=O) groups excluding carboxylic acids is 1.